The summed E-state index contributed by atoms with van der Waals surface area (Å²) in [6.07, 6.45) is 0. The predicted octanol–water partition coefficient (Wildman–Crippen LogP) is 1.18. The monoisotopic (exact) mass is 333 g/mol. The van der Waals surface area contributed by atoms with E-state index < -0.39 is 0 Å². The summed E-state index contributed by atoms with van der Waals surface area (Å²) in [5.74, 6) is 0.750. The van der Waals surface area contributed by atoms with Crippen LogP contribution in [-0.4, -0.2) is 49.5 Å². The van der Waals surface area contributed by atoms with Crippen molar-refractivity contribution in [2.45, 2.75) is 26.8 Å². The Balaban J connectivity index is 2.14. The number of primary amides is 1. The highest BCUT2D eigenvalue weighted by molar-refractivity contribution is 5.97. The Labute approximate surface area is 143 Å². The fraction of sp³-hybridized carbons (Fsp3) is 0.556. The zero-order chi connectivity index (χ0) is 17.9. The number of amides is 2. The van der Waals surface area contributed by atoms with Crippen LogP contribution in [0.5, 0.6) is 5.75 Å². The lowest BCUT2D eigenvalue weighted by Crippen LogP contribution is -2.42. The van der Waals surface area contributed by atoms with Crippen molar-refractivity contribution < 1.29 is 14.3 Å². The van der Waals surface area contributed by atoms with Crippen molar-refractivity contribution in [1.82, 2.24) is 10.2 Å². The molecule has 1 aliphatic rings. The third kappa shape index (κ3) is 4.26. The van der Waals surface area contributed by atoms with Gasteiger partial charge in [-0.1, -0.05) is 25.5 Å². The fourth-order valence-corrected chi connectivity index (χ4v) is 3.34. The minimum Gasteiger partial charge on any atom is -0.496 e. The lowest BCUT2D eigenvalue weighted by molar-refractivity contribution is -0.118. The molecule has 132 valence electrons. The minimum atomic E-state index is -0.343. The average molecular weight is 333 g/mol. The van der Waals surface area contributed by atoms with Crippen LogP contribution in [0.4, 0.5) is 0 Å². The van der Waals surface area contributed by atoms with Crippen LogP contribution < -0.4 is 15.8 Å². The lowest BCUT2D eigenvalue weighted by atomic mass is 9.91. The van der Waals surface area contributed by atoms with Crippen LogP contribution >= 0.6 is 0 Å². The van der Waals surface area contributed by atoms with Crippen molar-refractivity contribution in [3.8, 4) is 5.75 Å². The molecule has 1 fully saturated rings. The smallest absolute Gasteiger partial charge is 0.255 e. The van der Waals surface area contributed by atoms with Crippen molar-refractivity contribution in [2.75, 3.05) is 26.7 Å². The number of methoxy groups -OCH3 is 1. The number of benzene rings is 1. The van der Waals surface area contributed by atoms with Crippen LogP contribution in [0, 0.1) is 18.8 Å². The molecule has 0 radical (unpaired) electrons. The Morgan fingerprint density at radius 1 is 1.38 bits per heavy atom. The van der Waals surface area contributed by atoms with E-state index in [9.17, 15) is 9.59 Å². The quantitative estimate of drug-likeness (QED) is 0.818. The number of nitrogens with zero attached hydrogens (tertiary/aromatic N) is 1. The van der Waals surface area contributed by atoms with Gasteiger partial charge in [-0.15, -0.1) is 0 Å². The number of aryl methyl sites for hydroxylation is 1. The Hall–Kier alpha value is -2.08. The first kappa shape index (κ1) is 18.3. The van der Waals surface area contributed by atoms with Crippen molar-refractivity contribution in [1.29, 1.82) is 0 Å². The van der Waals surface area contributed by atoms with Crippen molar-refractivity contribution >= 4 is 11.8 Å². The van der Waals surface area contributed by atoms with E-state index in [1.165, 1.54) is 0 Å². The SMILES string of the molecule is COc1ccc(C)cc1C(=O)N[C@@H]1CN(CC(N)=O)C[C@H]1C(C)C. The molecule has 0 spiro atoms. The van der Waals surface area contributed by atoms with Gasteiger partial charge in [-0.3, -0.25) is 14.5 Å². The second kappa shape index (κ2) is 7.66. The molecule has 1 aliphatic heterocycles. The molecule has 6 nitrogen and oxygen atoms in total. The molecular formula is C18H27N3O3. The van der Waals surface area contributed by atoms with Gasteiger partial charge in [0.1, 0.15) is 5.75 Å². The Morgan fingerprint density at radius 2 is 2.08 bits per heavy atom. The van der Waals surface area contributed by atoms with Gasteiger partial charge in [0.2, 0.25) is 5.91 Å². The summed E-state index contributed by atoms with van der Waals surface area (Å²) in [5, 5.41) is 3.12. The number of nitrogens with two attached hydrogens (primary N) is 1. The molecule has 2 atom stereocenters. The van der Waals surface area contributed by atoms with E-state index in [0.717, 1.165) is 12.1 Å². The highest BCUT2D eigenvalue weighted by Gasteiger charge is 2.36. The molecule has 0 aromatic heterocycles. The third-order valence-electron chi connectivity index (χ3n) is 4.59. The molecule has 0 aliphatic carbocycles. The highest BCUT2D eigenvalue weighted by atomic mass is 16.5. The van der Waals surface area contributed by atoms with Gasteiger partial charge in [0.15, 0.2) is 0 Å². The van der Waals surface area contributed by atoms with Gasteiger partial charge in [0.25, 0.3) is 5.91 Å². The van der Waals surface area contributed by atoms with Gasteiger partial charge < -0.3 is 15.8 Å². The Morgan fingerprint density at radius 3 is 2.67 bits per heavy atom. The maximum atomic E-state index is 12.7. The van der Waals surface area contributed by atoms with E-state index in [1.807, 2.05) is 24.0 Å². The number of rotatable bonds is 6. The molecule has 0 bridgehead atoms. The molecule has 3 N–H and O–H groups in total. The third-order valence-corrected chi connectivity index (χ3v) is 4.59. The molecule has 2 rings (SSSR count). The van der Waals surface area contributed by atoms with Crippen LogP contribution in [0.3, 0.4) is 0 Å². The van der Waals surface area contributed by atoms with Crippen LogP contribution in [0.1, 0.15) is 29.8 Å². The van der Waals surface area contributed by atoms with Gasteiger partial charge in [-0.05, 0) is 30.9 Å². The normalized spacial score (nSPS) is 21.0. The number of nitrogens with one attached hydrogen (secondary N) is 1. The number of hydrogen-bond acceptors (Lipinski definition) is 4. The predicted molar refractivity (Wildman–Crippen MR) is 92.9 cm³/mol. The molecule has 24 heavy (non-hydrogen) atoms. The van der Waals surface area contributed by atoms with Crippen LogP contribution in [0.25, 0.3) is 0 Å². The van der Waals surface area contributed by atoms with E-state index in [0.29, 0.717) is 23.8 Å². The lowest BCUT2D eigenvalue weighted by Gasteiger charge is -2.23. The molecule has 0 saturated carbocycles. The minimum absolute atomic E-state index is 0.0120. The first-order chi connectivity index (χ1) is 11.3. The van der Waals surface area contributed by atoms with Gasteiger partial charge in [0, 0.05) is 19.1 Å². The zero-order valence-corrected chi connectivity index (χ0v) is 14.8. The van der Waals surface area contributed by atoms with Gasteiger partial charge in [0.05, 0.1) is 19.2 Å². The summed E-state index contributed by atoms with van der Waals surface area (Å²) >= 11 is 0. The van der Waals surface area contributed by atoms with E-state index >= 15 is 0 Å². The summed E-state index contributed by atoms with van der Waals surface area (Å²) < 4.78 is 5.30. The molecule has 1 heterocycles. The maximum absolute atomic E-state index is 12.7. The van der Waals surface area contributed by atoms with Crippen molar-refractivity contribution in [3.05, 3.63) is 29.3 Å². The summed E-state index contributed by atoms with van der Waals surface area (Å²) in [6.45, 7) is 7.82. The second-order valence-electron chi connectivity index (χ2n) is 6.85. The molecule has 0 unspecified atom stereocenters. The van der Waals surface area contributed by atoms with E-state index in [2.05, 4.69) is 19.2 Å². The average Bonchev–Trinajstić information content (AvgIpc) is 2.89. The molecule has 2 amide bonds. The number of ether oxygens (including phenoxy) is 1. The Bertz CT molecular complexity index is 616. The van der Waals surface area contributed by atoms with Crippen LogP contribution in [-0.2, 0) is 4.79 Å². The van der Waals surface area contributed by atoms with Crippen LogP contribution in [0.2, 0.25) is 0 Å². The van der Waals surface area contributed by atoms with E-state index in [4.69, 9.17) is 10.5 Å². The van der Waals surface area contributed by atoms with Gasteiger partial charge in [-0.2, -0.15) is 0 Å². The summed E-state index contributed by atoms with van der Waals surface area (Å²) in [6, 6.07) is 5.53. The molecule has 1 aromatic rings. The maximum Gasteiger partial charge on any atom is 0.255 e. The number of hydrogen-bond donors (Lipinski definition) is 2. The van der Waals surface area contributed by atoms with Crippen molar-refractivity contribution in [3.63, 3.8) is 0 Å². The number of carbonyl (C=O) groups excluding carboxylic acids is 2. The standard InChI is InChI=1S/C18H27N3O3/c1-11(2)14-8-21(10-17(19)22)9-15(14)20-18(23)13-7-12(3)5-6-16(13)24-4/h5-7,11,14-15H,8-10H2,1-4H3,(H2,19,22)(H,20,23)/t14-,15+/m0/s1. The van der Waals surface area contributed by atoms with Gasteiger partial charge >= 0.3 is 0 Å². The van der Waals surface area contributed by atoms with E-state index in [1.54, 1.807) is 13.2 Å². The first-order valence-electron chi connectivity index (χ1n) is 8.28. The fourth-order valence-electron chi connectivity index (χ4n) is 3.34. The Kier molecular flexibility index (Phi) is 5.83. The summed E-state index contributed by atoms with van der Waals surface area (Å²) in [4.78, 5) is 25.9. The highest BCUT2D eigenvalue weighted by Crippen LogP contribution is 2.26. The first-order valence-corrected chi connectivity index (χ1v) is 8.28. The molecular weight excluding hydrogens is 306 g/mol. The largest absolute Gasteiger partial charge is 0.496 e. The van der Waals surface area contributed by atoms with Crippen LogP contribution in [0.15, 0.2) is 18.2 Å². The van der Waals surface area contributed by atoms with Gasteiger partial charge in [-0.25, -0.2) is 0 Å². The molecule has 1 aromatic carbocycles. The molecule has 1 saturated heterocycles. The van der Waals surface area contributed by atoms with E-state index in [-0.39, 0.29) is 30.3 Å². The second-order valence-corrected chi connectivity index (χ2v) is 6.85. The number of likely N-dealkylation sites (tertiary alicyclic amines) is 1. The summed E-state index contributed by atoms with van der Waals surface area (Å²) in [5.41, 5.74) is 6.84. The topological polar surface area (TPSA) is 84.7 Å². The molecule has 6 heteroatoms. The van der Waals surface area contributed by atoms with Crippen molar-refractivity contribution in [2.24, 2.45) is 17.6 Å². The summed E-state index contributed by atoms with van der Waals surface area (Å²) in [7, 11) is 1.56. The zero-order valence-electron chi connectivity index (χ0n) is 14.8. The number of carbonyl (C=O) groups is 2.